The van der Waals surface area contributed by atoms with E-state index >= 15 is 0 Å². The maximum absolute atomic E-state index is 5.42. The maximum Gasteiger partial charge on any atom is 0.173 e. The summed E-state index contributed by atoms with van der Waals surface area (Å²) in [5.74, 6) is 0. The van der Waals surface area contributed by atoms with Crippen molar-refractivity contribution in [3.63, 3.8) is 0 Å². The van der Waals surface area contributed by atoms with Gasteiger partial charge in [-0.25, -0.2) is 0 Å². The van der Waals surface area contributed by atoms with E-state index in [1.54, 1.807) is 0 Å². The van der Waals surface area contributed by atoms with Crippen molar-refractivity contribution >= 4 is 38.9 Å². The molecular weight excluding hydrogens is 298 g/mol. The lowest BCUT2D eigenvalue weighted by atomic mass is 10.2. The van der Waals surface area contributed by atoms with Crippen molar-refractivity contribution in [2.24, 2.45) is 0 Å². The molecular formula is C12H16BrN3S. The number of hydrogen-bond acceptors (Lipinski definition) is 2. The Balaban J connectivity index is 2.02. The molecule has 0 atom stereocenters. The molecule has 92 valence electrons. The molecule has 1 saturated heterocycles. The first kappa shape index (κ1) is 12.8. The van der Waals surface area contributed by atoms with Crippen LogP contribution in [0.5, 0.6) is 0 Å². The summed E-state index contributed by atoms with van der Waals surface area (Å²) < 4.78 is 1.09. The molecule has 0 amide bonds. The lowest BCUT2D eigenvalue weighted by Gasteiger charge is -2.30. The van der Waals surface area contributed by atoms with Crippen LogP contribution in [0.25, 0.3) is 0 Å². The van der Waals surface area contributed by atoms with Crippen molar-refractivity contribution in [3.8, 4) is 0 Å². The van der Waals surface area contributed by atoms with Crippen LogP contribution in [0, 0.1) is 6.92 Å². The van der Waals surface area contributed by atoms with Gasteiger partial charge in [0, 0.05) is 36.3 Å². The lowest BCUT2D eigenvalue weighted by Crippen LogP contribution is -2.47. The molecule has 1 aromatic rings. The van der Waals surface area contributed by atoms with Gasteiger partial charge in [-0.15, -0.1) is 0 Å². The Bertz CT molecular complexity index is 416. The molecule has 1 aromatic carbocycles. The Kier molecular flexibility index (Phi) is 4.36. The van der Waals surface area contributed by atoms with Crippen molar-refractivity contribution < 1.29 is 0 Å². The van der Waals surface area contributed by atoms with E-state index in [4.69, 9.17) is 12.2 Å². The average Bonchev–Trinajstić information content (AvgIpc) is 2.34. The van der Waals surface area contributed by atoms with Crippen LogP contribution in [0.1, 0.15) is 5.56 Å². The van der Waals surface area contributed by atoms with E-state index in [0.717, 1.165) is 41.5 Å². The van der Waals surface area contributed by atoms with Crippen molar-refractivity contribution in [1.82, 2.24) is 10.2 Å². The minimum Gasteiger partial charge on any atom is -0.346 e. The summed E-state index contributed by atoms with van der Waals surface area (Å²) in [7, 11) is 0. The Morgan fingerprint density at radius 1 is 1.41 bits per heavy atom. The molecule has 1 aliphatic rings. The summed E-state index contributed by atoms with van der Waals surface area (Å²) in [6.07, 6.45) is 0. The normalized spacial score (nSPS) is 15.8. The molecule has 0 radical (unpaired) electrons. The molecule has 1 heterocycles. The van der Waals surface area contributed by atoms with Crippen molar-refractivity contribution in [2.75, 3.05) is 31.5 Å². The minimum absolute atomic E-state index is 0.817. The number of nitrogens with one attached hydrogen (secondary N) is 2. The second-order valence-electron chi connectivity index (χ2n) is 4.13. The topological polar surface area (TPSA) is 27.3 Å². The highest BCUT2D eigenvalue weighted by molar-refractivity contribution is 9.10. The van der Waals surface area contributed by atoms with E-state index in [1.165, 1.54) is 5.56 Å². The predicted octanol–water partition coefficient (Wildman–Crippen LogP) is 2.36. The fourth-order valence-corrected chi connectivity index (χ4v) is 2.60. The van der Waals surface area contributed by atoms with E-state index in [-0.39, 0.29) is 0 Å². The van der Waals surface area contributed by atoms with Gasteiger partial charge >= 0.3 is 0 Å². The van der Waals surface area contributed by atoms with Crippen LogP contribution in [-0.2, 0) is 0 Å². The summed E-state index contributed by atoms with van der Waals surface area (Å²) in [5.41, 5.74) is 2.27. The van der Waals surface area contributed by atoms with E-state index in [1.807, 2.05) is 12.1 Å². The van der Waals surface area contributed by atoms with Crippen LogP contribution < -0.4 is 10.6 Å². The van der Waals surface area contributed by atoms with Crippen LogP contribution >= 0.6 is 28.1 Å². The standard InChI is InChI=1S/C12H16BrN3S/c1-9-8-10(13)2-3-11(9)15-12(17)16-6-4-14-5-7-16/h2-3,8,14H,4-7H2,1H3,(H,15,17). The van der Waals surface area contributed by atoms with E-state index in [0.29, 0.717) is 0 Å². The SMILES string of the molecule is Cc1cc(Br)ccc1NC(=S)N1CCNCC1. The Morgan fingerprint density at radius 2 is 2.12 bits per heavy atom. The van der Waals surface area contributed by atoms with Gasteiger partial charge in [0.1, 0.15) is 0 Å². The number of nitrogens with zero attached hydrogens (tertiary/aromatic N) is 1. The first-order chi connectivity index (χ1) is 8.16. The van der Waals surface area contributed by atoms with Gasteiger partial charge in [-0.05, 0) is 42.9 Å². The van der Waals surface area contributed by atoms with Gasteiger partial charge in [-0.3, -0.25) is 0 Å². The molecule has 0 unspecified atom stereocenters. The highest BCUT2D eigenvalue weighted by Gasteiger charge is 2.13. The van der Waals surface area contributed by atoms with Crippen molar-refractivity contribution in [2.45, 2.75) is 6.92 Å². The van der Waals surface area contributed by atoms with Crippen LogP contribution in [0.4, 0.5) is 5.69 Å². The highest BCUT2D eigenvalue weighted by atomic mass is 79.9. The second kappa shape index (κ2) is 5.80. The molecule has 17 heavy (non-hydrogen) atoms. The summed E-state index contributed by atoms with van der Waals surface area (Å²) in [5, 5.41) is 7.45. The Hall–Kier alpha value is -0.650. The van der Waals surface area contributed by atoms with Gasteiger partial charge in [0.2, 0.25) is 0 Å². The molecule has 5 heteroatoms. The van der Waals surface area contributed by atoms with E-state index in [9.17, 15) is 0 Å². The zero-order valence-corrected chi connectivity index (χ0v) is 12.2. The first-order valence-corrected chi connectivity index (χ1v) is 6.90. The van der Waals surface area contributed by atoms with Crippen LogP contribution in [0.15, 0.2) is 22.7 Å². The first-order valence-electron chi connectivity index (χ1n) is 5.69. The molecule has 0 aromatic heterocycles. The molecule has 0 aliphatic carbocycles. The number of aryl methyl sites for hydroxylation is 1. The fraction of sp³-hybridized carbons (Fsp3) is 0.417. The summed E-state index contributed by atoms with van der Waals surface area (Å²) in [6, 6.07) is 6.16. The smallest absolute Gasteiger partial charge is 0.173 e. The third-order valence-electron chi connectivity index (χ3n) is 2.83. The third kappa shape index (κ3) is 3.40. The quantitative estimate of drug-likeness (QED) is 0.778. The molecule has 0 bridgehead atoms. The Morgan fingerprint density at radius 3 is 2.76 bits per heavy atom. The number of rotatable bonds is 1. The molecule has 2 N–H and O–H groups in total. The van der Waals surface area contributed by atoms with Crippen molar-refractivity contribution in [3.05, 3.63) is 28.2 Å². The summed E-state index contributed by atoms with van der Waals surface area (Å²) >= 11 is 8.88. The van der Waals surface area contributed by atoms with Crippen LogP contribution in [0.3, 0.4) is 0 Å². The van der Waals surface area contributed by atoms with Gasteiger partial charge in [-0.2, -0.15) is 0 Å². The number of piperazine rings is 1. The zero-order valence-electron chi connectivity index (χ0n) is 9.79. The molecule has 0 spiro atoms. The van der Waals surface area contributed by atoms with Crippen LogP contribution in [-0.4, -0.2) is 36.2 Å². The zero-order chi connectivity index (χ0) is 12.3. The van der Waals surface area contributed by atoms with Gasteiger partial charge in [-0.1, -0.05) is 15.9 Å². The average molecular weight is 314 g/mol. The Labute approximate surface area is 116 Å². The van der Waals surface area contributed by atoms with Crippen molar-refractivity contribution in [1.29, 1.82) is 0 Å². The van der Waals surface area contributed by atoms with Gasteiger partial charge < -0.3 is 15.5 Å². The predicted molar refractivity (Wildman–Crippen MR) is 79.5 cm³/mol. The monoisotopic (exact) mass is 313 g/mol. The minimum atomic E-state index is 0.817. The number of halogens is 1. The number of thiocarbonyl (C=S) groups is 1. The van der Waals surface area contributed by atoms with Gasteiger partial charge in [0.25, 0.3) is 0 Å². The number of hydrogen-bond donors (Lipinski definition) is 2. The molecule has 0 saturated carbocycles. The van der Waals surface area contributed by atoms with E-state index in [2.05, 4.69) is 44.5 Å². The number of anilines is 1. The fourth-order valence-electron chi connectivity index (χ4n) is 1.83. The van der Waals surface area contributed by atoms with E-state index < -0.39 is 0 Å². The van der Waals surface area contributed by atoms with Gasteiger partial charge in [0.05, 0.1) is 0 Å². The largest absolute Gasteiger partial charge is 0.346 e. The maximum atomic E-state index is 5.42. The molecule has 3 nitrogen and oxygen atoms in total. The second-order valence-corrected chi connectivity index (χ2v) is 5.43. The van der Waals surface area contributed by atoms with Gasteiger partial charge in [0.15, 0.2) is 5.11 Å². The molecule has 2 rings (SSSR count). The third-order valence-corrected chi connectivity index (χ3v) is 3.69. The summed E-state index contributed by atoms with van der Waals surface area (Å²) in [6.45, 7) is 6.03. The molecule has 1 aliphatic heterocycles. The number of benzene rings is 1. The highest BCUT2D eigenvalue weighted by Crippen LogP contribution is 2.20. The molecule has 1 fully saturated rings. The summed E-state index contributed by atoms with van der Waals surface area (Å²) in [4.78, 5) is 2.20. The van der Waals surface area contributed by atoms with Crippen LogP contribution in [0.2, 0.25) is 0 Å². The lowest BCUT2D eigenvalue weighted by molar-refractivity contribution is 0.362.